The third-order valence-electron chi connectivity index (χ3n) is 2.04. The molecule has 0 bridgehead atoms. The highest BCUT2D eigenvalue weighted by molar-refractivity contribution is 5.85. The van der Waals surface area contributed by atoms with Crippen LogP contribution < -0.4 is 5.32 Å². The van der Waals surface area contributed by atoms with E-state index in [2.05, 4.69) is 5.32 Å². The Hall–Kier alpha value is -0.280. The number of esters is 1. The number of ether oxygens (including phenoxy) is 1. The van der Waals surface area contributed by atoms with E-state index in [1.807, 2.05) is 20.8 Å². The first-order valence-corrected chi connectivity index (χ1v) is 4.92. The number of rotatable bonds is 1. The predicted molar refractivity (Wildman–Crippen MR) is 58.7 cm³/mol. The molecule has 0 aromatic rings. The van der Waals surface area contributed by atoms with Crippen molar-refractivity contribution in [1.82, 2.24) is 5.32 Å². The third kappa shape index (κ3) is 4.82. The number of halogens is 1. The Morgan fingerprint density at radius 2 is 2.07 bits per heavy atom. The zero-order chi connectivity index (χ0) is 9.90. The lowest BCUT2D eigenvalue weighted by Crippen LogP contribution is -2.38. The van der Waals surface area contributed by atoms with Crippen LogP contribution in [0.3, 0.4) is 0 Å². The molecule has 0 radical (unpaired) electrons. The van der Waals surface area contributed by atoms with Crippen LogP contribution >= 0.6 is 12.4 Å². The van der Waals surface area contributed by atoms with Gasteiger partial charge < -0.3 is 10.1 Å². The van der Waals surface area contributed by atoms with Crippen LogP contribution in [-0.2, 0) is 9.53 Å². The van der Waals surface area contributed by atoms with Crippen LogP contribution in [0.2, 0.25) is 0 Å². The SMILES string of the molecule is CC(C)(C)OC(=O)C1CCCNC1.Cl. The Morgan fingerprint density at radius 1 is 1.43 bits per heavy atom. The normalized spacial score (nSPS) is 22.4. The fourth-order valence-electron chi connectivity index (χ4n) is 1.44. The first-order chi connectivity index (χ1) is 5.99. The van der Waals surface area contributed by atoms with E-state index in [0.717, 1.165) is 25.9 Å². The largest absolute Gasteiger partial charge is 0.460 e. The van der Waals surface area contributed by atoms with E-state index in [1.54, 1.807) is 0 Å². The third-order valence-corrected chi connectivity index (χ3v) is 2.04. The molecule has 1 fully saturated rings. The molecule has 14 heavy (non-hydrogen) atoms. The Morgan fingerprint density at radius 3 is 2.50 bits per heavy atom. The Labute approximate surface area is 92.0 Å². The molecule has 0 aromatic heterocycles. The van der Waals surface area contributed by atoms with E-state index in [0.29, 0.717) is 0 Å². The lowest BCUT2D eigenvalue weighted by Gasteiger charge is -2.26. The second-order valence-electron chi connectivity index (χ2n) is 4.58. The van der Waals surface area contributed by atoms with E-state index >= 15 is 0 Å². The van der Waals surface area contributed by atoms with Gasteiger partial charge >= 0.3 is 5.97 Å². The van der Waals surface area contributed by atoms with Crippen molar-refractivity contribution in [2.24, 2.45) is 5.92 Å². The van der Waals surface area contributed by atoms with Gasteiger partial charge in [-0.25, -0.2) is 0 Å². The molecule has 1 saturated heterocycles. The van der Waals surface area contributed by atoms with Crippen LogP contribution in [0.25, 0.3) is 0 Å². The van der Waals surface area contributed by atoms with E-state index < -0.39 is 0 Å². The molecule has 1 aliphatic heterocycles. The van der Waals surface area contributed by atoms with Gasteiger partial charge in [-0.1, -0.05) is 0 Å². The van der Waals surface area contributed by atoms with Crippen molar-refractivity contribution in [3.05, 3.63) is 0 Å². The summed E-state index contributed by atoms with van der Waals surface area (Å²) in [5.74, 6) is 0.00711. The highest BCUT2D eigenvalue weighted by Gasteiger charge is 2.26. The van der Waals surface area contributed by atoms with Gasteiger partial charge in [0.05, 0.1) is 5.92 Å². The molecular formula is C10H20ClNO2. The second-order valence-corrected chi connectivity index (χ2v) is 4.58. The van der Waals surface area contributed by atoms with Crippen LogP contribution in [0.1, 0.15) is 33.6 Å². The summed E-state index contributed by atoms with van der Waals surface area (Å²) in [6.07, 6.45) is 2.03. The molecule has 1 heterocycles. The molecule has 0 aliphatic carbocycles. The van der Waals surface area contributed by atoms with Crippen molar-refractivity contribution in [2.75, 3.05) is 13.1 Å². The molecule has 0 saturated carbocycles. The minimum Gasteiger partial charge on any atom is -0.460 e. The quantitative estimate of drug-likeness (QED) is 0.686. The molecule has 1 unspecified atom stereocenters. The molecule has 3 nitrogen and oxygen atoms in total. The number of carbonyl (C=O) groups excluding carboxylic acids is 1. The van der Waals surface area contributed by atoms with E-state index in [1.165, 1.54) is 0 Å². The number of carbonyl (C=O) groups is 1. The van der Waals surface area contributed by atoms with Gasteiger partial charge in [0.1, 0.15) is 5.60 Å². The summed E-state index contributed by atoms with van der Waals surface area (Å²) in [4.78, 5) is 11.6. The standard InChI is InChI=1S/C10H19NO2.ClH/c1-10(2,3)13-9(12)8-5-4-6-11-7-8;/h8,11H,4-7H2,1-3H3;1H. The Kier molecular flexibility index (Phi) is 5.45. The minimum absolute atomic E-state index is 0. The summed E-state index contributed by atoms with van der Waals surface area (Å²) in [7, 11) is 0. The van der Waals surface area contributed by atoms with Crippen molar-refractivity contribution in [3.63, 3.8) is 0 Å². The van der Waals surface area contributed by atoms with E-state index in [9.17, 15) is 4.79 Å². The smallest absolute Gasteiger partial charge is 0.310 e. The van der Waals surface area contributed by atoms with Crippen molar-refractivity contribution in [2.45, 2.75) is 39.2 Å². The van der Waals surface area contributed by atoms with Gasteiger partial charge in [-0.05, 0) is 40.2 Å². The number of piperidine rings is 1. The topological polar surface area (TPSA) is 38.3 Å². The second kappa shape index (κ2) is 5.56. The Balaban J connectivity index is 0.00000169. The van der Waals surface area contributed by atoms with Crippen molar-refractivity contribution < 1.29 is 9.53 Å². The van der Waals surface area contributed by atoms with Crippen molar-refractivity contribution in [1.29, 1.82) is 0 Å². The van der Waals surface area contributed by atoms with Crippen molar-refractivity contribution >= 4 is 18.4 Å². The molecule has 0 aromatic carbocycles. The molecule has 1 atom stereocenters. The van der Waals surface area contributed by atoms with Crippen LogP contribution in [0.5, 0.6) is 0 Å². The van der Waals surface area contributed by atoms with Crippen LogP contribution in [-0.4, -0.2) is 24.7 Å². The zero-order valence-electron chi connectivity index (χ0n) is 9.13. The molecular weight excluding hydrogens is 202 g/mol. The fraction of sp³-hybridized carbons (Fsp3) is 0.900. The molecule has 0 spiro atoms. The van der Waals surface area contributed by atoms with Gasteiger partial charge in [0.25, 0.3) is 0 Å². The molecule has 1 aliphatic rings. The van der Waals surface area contributed by atoms with E-state index in [4.69, 9.17) is 4.74 Å². The highest BCUT2D eigenvalue weighted by atomic mass is 35.5. The number of hydrogen-bond donors (Lipinski definition) is 1. The average Bonchev–Trinajstić information content (AvgIpc) is 2.03. The van der Waals surface area contributed by atoms with Crippen LogP contribution in [0, 0.1) is 5.92 Å². The fourth-order valence-corrected chi connectivity index (χ4v) is 1.44. The lowest BCUT2D eigenvalue weighted by molar-refractivity contribution is -0.160. The summed E-state index contributed by atoms with van der Waals surface area (Å²) < 4.78 is 5.30. The van der Waals surface area contributed by atoms with E-state index in [-0.39, 0.29) is 29.9 Å². The first kappa shape index (κ1) is 13.7. The van der Waals surface area contributed by atoms with Gasteiger partial charge in [0, 0.05) is 6.54 Å². The highest BCUT2D eigenvalue weighted by Crippen LogP contribution is 2.16. The van der Waals surface area contributed by atoms with Gasteiger partial charge in [-0.3, -0.25) is 4.79 Å². The maximum Gasteiger partial charge on any atom is 0.310 e. The monoisotopic (exact) mass is 221 g/mol. The number of nitrogens with one attached hydrogen (secondary N) is 1. The summed E-state index contributed by atoms with van der Waals surface area (Å²) in [6.45, 7) is 7.51. The minimum atomic E-state index is -0.353. The summed E-state index contributed by atoms with van der Waals surface area (Å²) in [6, 6.07) is 0. The molecule has 84 valence electrons. The van der Waals surface area contributed by atoms with Crippen LogP contribution in [0.4, 0.5) is 0 Å². The lowest BCUT2D eigenvalue weighted by atomic mass is 10.00. The van der Waals surface area contributed by atoms with Gasteiger partial charge in [-0.2, -0.15) is 0 Å². The predicted octanol–water partition coefficient (Wildman–Crippen LogP) is 1.75. The average molecular weight is 222 g/mol. The summed E-state index contributed by atoms with van der Waals surface area (Å²) in [5.41, 5.74) is -0.353. The maximum atomic E-state index is 11.6. The van der Waals surface area contributed by atoms with Gasteiger partial charge in [-0.15, -0.1) is 12.4 Å². The Bertz CT molecular complexity index is 183. The summed E-state index contributed by atoms with van der Waals surface area (Å²) >= 11 is 0. The molecule has 1 N–H and O–H groups in total. The van der Waals surface area contributed by atoms with Crippen LogP contribution in [0.15, 0.2) is 0 Å². The number of hydrogen-bond acceptors (Lipinski definition) is 3. The molecule has 0 amide bonds. The van der Waals surface area contributed by atoms with Gasteiger partial charge in [0.15, 0.2) is 0 Å². The van der Waals surface area contributed by atoms with Gasteiger partial charge in [0.2, 0.25) is 0 Å². The molecule has 1 rings (SSSR count). The van der Waals surface area contributed by atoms with Crippen molar-refractivity contribution in [3.8, 4) is 0 Å². The first-order valence-electron chi connectivity index (χ1n) is 4.92. The summed E-state index contributed by atoms with van der Waals surface area (Å²) in [5, 5.41) is 3.20. The maximum absolute atomic E-state index is 11.6. The zero-order valence-corrected chi connectivity index (χ0v) is 9.95. The molecule has 4 heteroatoms.